The molecular formula is C32H38N8O4. The first-order valence-electron chi connectivity index (χ1n) is 15.0. The molecule has 6 rings (SSSR count). The number of nitrogens with zero attached hydrogens (tertiary/aromatic N) is 6. The molecule has 4 heterocycles. The zero-order valence-electron chi connectivity index (χ0n) is 25.3. The lowest BCUT2D eigenvalue weighted by Crippen LogP contribution is -2.44. The number of carbonyl (C=O) groups excluding carboxylic acids is 1. The summed E-state index contributed by atoms with van der Waals surface area (Å²) in [6.07, 6.45) is 4.18. The van der Waals surface area contributed by atoms with Gasteiger partial charge in [-0.3, -0.25) is 4.79 Å². The van der Waals surface area contributed by atoms with Crippen LogP contribution >= 0.6 is 0 Å². The lowest BCUT2D eigenvalue weighted by atomic mass is 9.80. The van der Waals surface area contributed by atoms with Gasteiger partial charge in [-0.15, -0.1) is 0 Å². The second kappa shape index (κ2) is 12.0. The lowest BCUT2D eigenvalue weighted by molar-refractivity contribution is 0.0962. The van der Waals surface area contributed by atoms with Gasteiger partial charge in [-0.1, -0.05) is 25.1 Å². The molecule has 0 unspecified atom stereocenters. The van der Waals surface area contributed by atoms with Crippen LogP contribution in [0.4, 0.5) is 22.1 Å². The minimum absolute atomic E-state index is 0.0978. The predicted octanol–water partition coefficient (Wildman–Crippen LogP) is 4.20. The van der Waals surface area contributed by atoms with Crippen molar-refractivity contribution >= 4 is 40.5 Å². The van der Waals surface area contributed by atoms with E-state index >= 15 is 0 Å². The van der Waals surface area contributed by atoms with Crippen molar-refractivity contribution in [1.29, 1.82) is 0 Å². The lowest BCUT2D eigenvalue weighted by Gasteiger charge is -2.39. The van der Waals surface area contributed by atoms with E-state index in [4.69, 9.17) is 24.9 Å². The summed E-state index contributed by atoms with van der Waals surface area (Å²) in [7, 11) is 3.30. The first kappa shape index (κ1) is 29.2. The molecular weight excluding hydrogens is 560 g/mol. The minimum Gasteiger partial charge on any atom is -0.497 e. The zero-order chi connectivity index (χ0) is 30.8. The molecule has 2 amide bonds. The van der Waals surface area contributed by atoms with Gasteiger partial charge in [0.25, 0.3) is 5.91 Å². The Bertz CT molecular complexity index is 1680. The highest BCUT2D eigenvalue weighted by molar-refractivity contribution is 5.98. The molecule has 2 aliphatic rings. The molecule has 1 saturated heterocycles. The third-order valence-corrected chi connectivity index (χ3v) is 8.84. The molecule has 0 saturated carbocycles. The van der Waals surface area contributed by atoms with E-state index in [0.717, 1.165) is 73.7 Å². The third kappa shape index (κ3) is 5.71. The molecule has 0 radical (unpaired) electrons. The molecule has 0 bridgehead atoms. The first-order valence-corrected chi connectivity index (χ1v) is 15.0. The van der Waals surface area contributed by atoms with Gasteiger partial charge in [0.1, 0.15) is 11.6 Å². The summed E-state index contributed by atoms with van der Waals surface area (Å²) in [5.41, 5.74) is 4.98. The van der Waals surface area contributed by atoms with E-state index in [0.29, 0.717) is 35.6 Å². The van der Waals surface area contributed by atoms with Gasteiger partial charge >= 0.3 is 6.09 Å². The Morgan fingerprint density at radius 2 is 1.86 bits per heavy atom. The molecule has 0 atom stereocenters. The number of rotatable bonds is 8. The van der Waals surface area contributed by atoms with Crippen LogP contribution in [-0.4, -0.2) is 77.2 Å². The fourth-order valence-corrected chi connectivity index (χ4v) is 6.20. The van der Waals surface area contributed by atoms with Crippen LogP contribution in [0.1, 0.15) is 47.7 Å². The highest BCUT2D eigenvalue weighted by Crippen LogP contribution is 2.38. The van der Waals surface area contributed by atoms with E-state index in [1.54, 1.807) is 14.2 Å². The summed E-state index contributed by atoms with van der Waals surface area (Å²) >= 11 is 0. The predicted molar refractivity (Wildman–Crippen MR) is 168 cm³/mol. The van der Waals surface area contributed by atoms with Crippen LogP contribution in [0.3, 0.4) is 0 Å². The SMILES string of the molecule is CNC(=O)c1cccc2c1CCCN2c1nn(Cc2ccc(OC)cc2)c2nc(N3CCC(C)(CNC(=O)O)CC3)cnc12. The van der Waals surface area contributed by atoms with Crippen LogP contribution in [0.2, 0.25) is 0 Å². The van der Waals surface area contributed by atoms with Crippen LogP contribution in [-0.2, 0) is 13.0 Å². The van der Waals surface area contributed by atoms with Gasteiger partial charge in [-0.2, -0.15) is 5.10 Å². The number of piperidine rings is 1. The smallest absolute Gasteiger partial charge is 0.404 e. The number of hydrogen-bond donors (Lipinski definition) is 3. The second-order valence-corrected chi connectivity index (χ2v) is 11.8. The molecule has 2 aromatic carbocycles. The Balaban J connectivity index is 1.37. The van der Waals surface area contributed by atoms with Crippen molar-refractivity contribution in [3.05, 3.63) is 65.4 Å². The third-order valence-electron chi connectivity index (χ3n) is 8.84. The Morgan fingerprint density at radius 3 is 2.57 bits per heavy atom. The number of fused-ring (bicyclic) bond motifs is 2. The maximum atomic E-state index is 12.7. The number of ether oxygens (including phenoxy) is 1. The fourth-order valence-electron chi connectivity index (χ4n) is 6.20. The Hall–Kier alpha value is -4.87. The largest absolute Gasteiger partial charge is 0.497 e. The summed E-state index contributed by atoms with van der Waals surface area (Å²) in [6.45, 7) is 5.29. The highest BCUT2D eigenvalue weighted by atomic mass is 16.5. The minimum atomic E-state index is -0.993. The van der Waals surface area contributed by atoms with Crippen LogP contribution in [0.5, 0.6) is 5.75 Å². The quantitative estimate of drug-likeness (QED) is 0.272. The van der Waals surface area contributed by atoms with Crippen molar-refractivity contribution in [1.82, 2.24) is 30.4 Å². The number of methoxy groups -OCH3 is 1. The number of carboxylic acid groups (broad SMARTS) is 1. The Kier molecular flexibility index (Phi) is 7.98. The van der Waals surface area contributed by atoms with E-state index < -0.39 is 6.09 Å². The molecule has 2 aromatic heterocycles. The molecule has 12 nitrogen and oxygen atoms in total. The molecule has 4 aromatic rings. The molecule has 44 heavy (non-hydrogen) atoms. The fraction of sp³-hybridized carbons (Fsp3) is 0.406. The number of amides is 2. The van der Waals surface area contributed by atoms with E-state index in [2.05, 4.69) is 27.4 Å². The van der Waals surface area contributed by atoms with Gasteiger partial charge in [-0.05, 0) is 66.5 Å². The Labute approximate surface area is 256 Å². The van der Waals surface area contributed by atoms with Crippen molar-refractivity contribution in [2.24, 2.45) is 5.41 Å². The second-order valence-electron chi connectivity index (χ2n) is 11.8. The van der Waals surface area contributed by atoms with Crippen molar-refractivity contribution in [3.63, 3.8) is 0 Å². The number of aromatic nitrogens is 4. The summed E-state index contributed by atoms with van der Waals surface area (Å²) in [6, 6.07) is 13.7. The summed E-state index contributed by atoms with van der Waals surface area (Å²) in [4.78, 5) is 38.2. The maximum Gasteiger partial charge on any atom is 0.404 e. The van der Waals surface area contributed by atoms with Crippen LogP contribution < -0.4 is 25.2 Å². The van der Waals surface area contributed by atoms with Crippen molar-refractivity contribution in [2.75, 3.05) is 50.1 Å². The summed E-state index contributed by atoms with van der Waals surface area (Å²) in [5, 5.41) is 19.5. The zero-order valence-corrected chi connectivity index (χ0v) is 25.3. The molecule has 0 spiro atoms. The van der Waals surface area contributed by atoms with Crippen molar-refractivity contribution in [2.45, 2.75) is 39.2 Å². The first-order chi connectivity index (χ1) is 21.3. The highest BCUT2D eigenvalue weighted by Gasteiger charge is 2.32. The van der Waals surface area contributed by atoms with Gasteiger partial charge in [0.15, 0.2) is 17.0 Å². The molecule has 2 aliphatic heterocycles. The molecule has 0 aliphatic carbocycles. The Morgan fingerprint density at radius 1 is 1.09 bits per heavy atom. The standard InChI is InChI=1S/C32H38N8O4/c1-32(20-35-31(42)43)13-16-38(17-14-32)26-18-34-27-28(36-26)40(19-21-9-11-22(44-3)12-10-21)37-29(27)39-15-5-7-23-24(30(41)33-2)6-4-8-25(23)39/h4,6,8-12,18,35H,5,7,13-17,19-20H2,1-3H3,(H,33,41)(H,42,43). The normalized spacial score (nSPS) is 16.0. The average Bonchev–Trinajstić information content (AvgIpc) is 3.40. The van der Waals surface area contributed by atoms with E-state index in [1.807, 2.05) is 53.3 Å². The van der Waals surface area contributed by atoms with Crippen LogP contribution in [0.15, 0.2) is 48.7 Å². The van der Waals surface area contributed by atoms with Gasteiger partial charge in [-0.25, -0.2) is 19.4 Å². The topological polar surface area (TPSA) is 138 Å². The monoisotopic (exact) mass is 598 g/mol. The number of benzene rings is 2. The van der Waals surface area contributed by atoms with E-state index in [-0.39, 0.29) is 11.3 Å². The van der Waals surface area contributed by atoms with Gasteiger partial charge in [0.05, 0.1) is 19.9 Å². The summed E-state index contributed by atoms with van der Waals surface area (Å²) in [5.74, 6) is 2.18. The average molecular weight is 599 g/mol. The maximum absolute atomic E-state index is 12.7. The van der Waals surface area contributed by atoms with Crippen molar-refractivity contribution in [3.8, 4) is 5.75 Å². The molecule has 230 valence electrons. The van der Waals surface area contributed by atoms with E-state index in [9.17, 15) is 9.59 Å². The number of hydrogen-bond acceptors (Lipinski definition) is 8. The van der Waals surface area contributed by atoms with Crippen molar-refractivity contribution < 1.29 is 19.4 Å². The van der Waals surface area contributed by atoms with Crippen LogP contribution in [0, 0.1) is 5.41 Å². The van der Waals surface area contributed by atoms with Gasteiger partial charge in [0, 0.05) is 44.5 Å². The van der Waals surface area contributed by atoms with Crippen LogP contribution in [0.25, 0.3) is 11.2 Å². The summed E-state index contributed by atoms with van der Waals surface area (Å²) < 4.78 is 7.25. The van der Waals surface area contributed by atoms with Gasteiger partial charge < -0.3 is 30.3 Å². The number of anilines is 3. The molecule has 1 fully saturated rings. The number of nitrogens with one attached hydrogen (secondary N) is 2. The van der Waals surface area contributed by atoms with E-state index in [1.165, 1.54) is 0 Å². The van der Waals surface area contributed by atoms with Gasteiger partial charge in [0.2, 0.25) is 0 Å². The molecule has 12 heteroatoms. The number of carbonyl (C=O) groups is 2. The molecule has 3 N–H and O–H groups in total.